The third-order valence-electron chi connectivity index (χ3n) is 5.34. The van der Waals surface area contributed by atoms with Crippen LogP contribution in [0.4, 0.5) is 23.1 Å². The van der Waals surface area contributed by atoms with Crippen molar-refractivity contribution < 1.29 is 4.79 Å². The van der Waals surface area contributed by atoms with Crippen LogP contribution in [0, 0.1) is 13.8 Å². The van der Waals surface area contributed by atoms with Crippen molar-refractivity contribution in [2.45, 2.75) is 30.3 Å². The van der Waals surface area contributed by atoms with Crippen molar-refractivity contribution in [3.05, 3.63) is 70.6 Å². The van der Waals surface area contributed by atoms with E-state index in [9.17, 15) is 4.79 Å². The Labute approximate surface area is 211 Å². The fourth-order valence-corrected chi connectivity index (χ4v) is 4.53. The number of carbonyl (C=O) groups excluding carboxylic acids is 1. The summed E-state index contributed by atoms with van der Waals surface area (Å²) in [5, 5.41) is 14.2. The van der Waals surface area contributed by atoms with Gasteiger partial charge in [-0.15, -0.1) is 0 Å². The number of anilines is 4. The highest BCUT2D eigenvalue weighted by molar-refractivity contribution is 7.99. The van der Waals surface area contributed by atoms with Crippen LogP contribution in [0.5, 0.6) is 0 Å². The minimum absolute atomic E-state index is 0.243. The fraction of sp³-hybridized carbons (Fsp3) is 0.208. The smallest absolute Gasteiger partial charge is 0.255 e. The van der Waals surface area contributed by atoms with Gasteiger partial charge in [0.1, 0.15) is 16.8 Å². The number of pyridine rings is 1. The zero-order valence-electron chi connectivity index (χ0n) is 19.2. The summed E-state index contributed by atoms with van der Waals surface area (Å²) in [7, 11) is 0. The van der Waals surface area contributed by atoms with E-state index in [-0.39, 0.29) is 5.91 Å². The number of hydrogen-bond acceptors (Lipinski definition) is 8. The van der Waals surface area contributed by atoms with Crippen molar-refractivity contribution >= 4 is 52.4 Å². The van der Waals surface area contributed by atoms with Crippen LogP contribution in [0.25, 0.3) is 0 Å². The minimum atomic E-state index is -0.243. The molecule has 3 N–H and O–H groups in total. The van der Waals surface area contributed by atoms with E-state index in [1.165, 1.54) is 11.8 Å². The van der Waals surface area contributed by atoms with E-state index in [1.807, 2.05) is 43.3 Å². The summed E-state index contributed by atoms with van der Waals surface area (Å²) >= 11 is 7.43. The second-order valence-corrected chi connectivity index (χ2v) is 9.62. The maximum absolute atomic E-state index is 12.6. The number of rotatable bonds is 7. The number of aromatic amines is 1. The van der Waals surface area contributed by atoms with Crippen molar-refractivity contribution in [1.29, 1.82) is 0 Å². The third kappa shape index (κ3) is 5.72. The lowest BCUT2D eigenvalue weighted by Crippen LogP contribution is -2.37. The second-order valence-electron chi connectivity index (χ2n) is 8.20. The second kappa shape index (κ2) is 9.93. The van der Waals surface area contributed by atoms with Crippen molar-refractivity contribution in [2.24, 2.45) is 0 Å². The molecule has 0 aliphatic carbocycles. The molecule has 35 heavy (non-hydrogen) atoms. The predicted molar refractivity (Wildman–Crippen MR) is 138 cm³/mol. The largest absolute Gasteiger partial charge is 0.356 e. The topological polar surface area (TPSA) is 112 Å². The van der Waals surface area contributed by atoms with Gasteiger partial charge in [0.2, 0.25) is 0 Å². The molecule has 178 valence electrons. The quantitative estimate of drug-likeness (QED) is 0.231. The molecule has 4 heterocycles. The Morgan fingerprint density at radius 1 is 1.03 bits per heavy atom. The predicted octanol–water partition coefficient (Wildman–Crippen LogP) is 5.22. The molecule has 1 amide bonds. The Morgan fingerprint density at radius 2 is 1.83 bits per heavy atom. The first kappa shape index (κ1) is 23.1. The van der Waals surface area contributed by atoms with Gasteiger partial charge in [-0.2, -0.15) is 5.10 Å². The van der Waals surface area contributed by atoms with E-state index in [2.05, 4.69) is 35.7 Å². The number of nitrogens with one attached hydrogen (secondary N) is 3. The molecule has 5 rings (SSSR count). The Morgan fingerprint density at radius 3 is 2.49 bits per heavy atom. The zero-order valence-corrected chi connectivity index (χ0v) is 20.7. The molecule has 0 radical (unpaired) electrons. The number of nitrogens with zero attached hydrogens (tertiary/aromatic N) is 5. The maximum atomic E-state index is 12.6. The molecule has 0 unspecified atom stereocenters. The van der Waals surface area contributed by atoms with Crippen LogP contribution in [0.3, 0.4) is 0 Å². The normalized spacial score (nSPS) is 12.8. The molecular weight excluding hydrogens is 484 g/mol. The van der Waals surface area contributed by atoms with Crippen LogP contribution in [0.2, 0.25) is 5.15 Å². The van der Waals surface area contributed by atoms with E-state index in [0.717, 1.165) is 35.9 Å². The van der Waals surface area contributed by atoms with E-state index >= 15 is 0 Å². The number of aromatic nitrogens is 5. The van der Waals surface area contributed by atoms with Gasteiger partial charge in [-0.3, -0.25) is 9.89 Å². The highest BCUT2D eigenvalue weighted by atomic mass is 35.5. The molecule has 11 heteroatoms. The summed E-state index contributed by atoms with van der Waals surface area (Å²) in [5.74, 6) is 2.04. The Bertz CT molecular complexity index is 1350. The van der Waals surface area contributed by atoms with Gasteiger partial charge >= 0.3 is 0 Å². The van der Waals surface area contributed by atoms with E-state index < -0.39 is 0 Å². The number of amides is 1. The van der Waals surface area contributed by atoms with Crippen LogP contribution >= 0.6 is 23.4 Å². The van der Waals surface area contributed by atoms with Crippen LogP contribution in [-0.2, 0) is 0 Å². The van der Waals surface area contributed by atoms with Crippen LogP contribution < -0.4 is 15.5 Å². The molecule has 1 saturated heterocycles. The molecule has 1 aliphatic heterocycles. The standard InChI is InChI=1S/C24H23ClN8OS/c1-14-10-16(12-19(25)26-14)23(34)27-17-4-6-18(7-5-17)35-24-29-20(28-21-11-15(2)31-32-21)13-22(30-24)33-8-3-9-33/h4-7,10-13H,3,8-9H2,1-2H3,(H,27,34)(H2,28,29,30,31,32). The van der Waals surface area contributed by atoms with Crippen molar-refractivity contribution in [3.8, 4) is 0 Å². The highest BCUT2D eigenvalue weighted by Gasteiger charge is 2.18. The van der Waals surface area contributed by atoms with Crippen LogP contribution in [-0.4, -0.2) is 44.1 Å². The Balaban J connectivity index is 1.31. The Hall–Kier alpha value is -3.63. The monoisotopic (exact) mass is 506 g/mol. The van der Waals surface area contributed by atoms with Gasteiger partial charge < -0.3 is 15.5 Å². The summed E-state index contributed by atoms with van der Waals surface area (Å²) in [6, 6.07) is 14.7. The minimum Gasteiger partial charge on any atom is -0.356 e. The number of carbonyl (C=O) groups is 1. The van der Waals surface area contributed by atoms with Gasteiger partial charge in [0, 0.05) is 52.8 Å². The van der Waals surface area contributed by atoms with Gasteiger partial charge in [-0.25, -0.2) is 15.0 Å². The molecule has 3 aromatic heterocycles. The summed E-state index contributed by atoms with van der Waals surface area (Å²) in [4.78, 5) is 29.3. The van der Waals surface area contributed by atoms with E-state index in [1.54, 1.807) is 19.1 Å². The molecule has 0 atom stereocenters. The summed E-state index contributed by atoms with van der Waals surface area (Å²) in [6.45, 7) is 5.71. The summed E-state index contributed by atoms with van der Waals surface area (Å²) in [5.41, 5.74) is 2.79. The number of benzene rings is 1. The van der Waals surface area contributed by atoms with Gasteiger partial charge in [-0.05, 0) is 68.4 Å². The molecule has 1 aromatic carbocycles. The summed E-state index contributed by atoms with van der Waals surface area (Å²) in [6.07, 6.45) is 1.16. The van der Waals surface area contributed by atoms with Gasteiger partial charge in [0.15, 0.2) is 11.0 Å². The summed E-state index contributed by atoms with van der Waals surface area (Å²) < 4.78 is 0. The molecule has 1 aliphatic rings. The van der Waals surface area contributed by atoms with Crippen LogP contribution in [0.15, 0.2) is 58.6 Å². The molecule has 4 aromatic rings. The van der Waals surface area contributed by atoms with Crippen molar-refractivity contribution in [2.75, 3.05) is 28.6 Å². The number of halogens is 1. The lowest BCUT2D eigenvalue weighted by Gasteiger charge is -2.32. The maximum Gasteiger partial charge on any atom is 0.255 e. The fourth-order valence-electron chi connectivity index (χ4n) is 3.52. The van der Waals surface area contributed by atoms with Crippen molar-refractivity contribution in [1.82, 2.24) is 25.1 Å². The van der Waals surface area contributed by atoms with Crippen molar-refractivity contribution in [3.63, 3.8) is 0 Å². The first-order valence-corrected chi connectivity index (χ1v) is 12.3. The molecule has 0 bridgehead atoms. The first-order chi connectivity index (χ1) is 16.9. The SMILES string of the molecule is Cc1cc(C(=O)Nc2ccc(Sc3nc(Nc4cc(C)[nH]n4)cc(N4CCC4)n3)cc2)cc(Cl)n1. The van der Waals surface area contributed by atoms with Gasteiger partial charge in [0.25, 0.3) is 5.91 Å². The third-order valence-corrected chi connectivity index (χ3v) is 6.41. The number of H-pyrrole nitrogens is 1. The van der Waals surface area contributed by atoms with Gasteiger partial charge in [-0.1, -0.05) is 11.6 Å². The lowest BCUT2D eigenvalue weighted by atomic mass is 10.2. The Kier molecular flexibility index (Phi) is 6.56. The molecular formula is C24H23ClN8OS. The van der Waals surface area contributed by atoms with E-state index in [4.69, 9.17) is 16.6 Å². The van der Waals surface area contributed by atoms with Gasteiger partial charge in [0.05, 0.1) is 0 Å². The average molecular weight is 507 g/mol. The lowest BCUT2D eigenvalue weighted by molar-refractivity contribution is 0.102. The molecule has 9 nitrogen and oxygen atoms in total. The first-order valence-electron chi connectivity index (χ1n) is 11.1. The van der Waals surface area contributed by atoms with Crippen LogP contribution in [0.1, 0.15) is 28.2 Å². The molecule has 0 spiro atoms. The molecule has 1 fully saturated rings. The number of aryl methyl sites for hydroxylation is 2. The van der Waals surface area contributed by atoms with E-state index in [0.29, 0.717) is 38.9 Å². The number of hydrogen-bond donors (Lipinski definition) is 3. The molecule has 0 saturated carbocycles. The average Bonchev–Trinajstić information content (AvgIpc) is 3.17. The zero-order chi connectivity index (χ0) is 24.4. The highest BCUT2D eigenvalue weighted by Crippen LogP contribution is 2.31.